The summed E-state index contributed by atoms with van der Waals surface area (Å²) in [6, 6.07) is 16.1. The second-order valence-corrected chi connectivity index (χ2v) is 10.3. The fourth-order valence-corrected chi connectivity index (χ4v) is 5.63. The molecule has 1 aliphatic heterocycles. The van der Waals surface area contributed by atoms with Crippen LogP contribution in [-0.2, 0) is 26.2 Å². The fraction of sp³-hybridized carbons (Fsp3) is 0.320. The Balaban J connectivity index is 1.38. The van der Waals surface area contributed by atoms with Gasteiger partial charge in [-0.3, -0.25) is 14.3 Å². The lowest BCUT2D eigenvalue weighted by atomic mass is 10.1. The summed E-state index contributed by atoms with van der Waals surface area (Å²) in [4.78, 5) is 27.2. The summed E-state index contributed by atoms with van der Waals surface area (Å²) in [5, 5.41) is 7.14. The van der Waals surface area contributed by atoms with E-state index in [0.717, 1.165) is 5.56 Å². The molecule has 35 heavy (non-hydrogen) atoms. The number of nitrogens with one attached hydrogen (secondary N) is 1. The van der Waals surface area contributed by atoms with Crippen LogP contribution < -0.4 is 10.2 Å². The molecule has 1 aliphatic rings. The molecule has 0 saturated carbocycles. The molecule has 0 spiro atoms. The predicted molar refractivity (Wildman–Crippen MR) is 133 cm³/mol. The summed E-state index contributed by atoms with van der Waals surface area (Å²) in [7, 11) is -3.57. The van der Waals surface area contributed by atoms with Gasteiger partial charge < -0.3 is 10.2 Å². The molecule has 184 valence electrons. The van der Waals surface area contributed by atoms with Crippen LogP contribution in [0.15, 0.2) is 71.9 Å². The average molecular weight is 496 g/mol. The first-order chi connectivity index (χ1) is 16.8. The highest BCUT2D eigenvalue weighted by atomic mass is 32.2. The predicted octanol–water partition coefficient (Wildman–Crippen LogP) is 2.95. The van der Waals surface area contributed by atoms with E-state index in [-0.39, 0.29) is 29.7 Å². The Hall–Kier alpha value is -3.50. The Kier molecular flexibility index (Phi) is 7.32. The van der Waals surface area contributed by atoms with Crippen molar-refractivity contribution < 1.29 is 18.0 Å². The molecule has 2 heterocycles. The van der Waals surface area contributed by atoms with Crippen LogP contribution in [0.25, 0.3) is 0 Å². The van der Waals surface area contributed by atoms with Crippen molar-refractivity contribution in [3.05, 3.63) is 72.6 Å². The zero-order valence-corrected chi connectivity index (χ0v) is 20.6. The van der Waals surface area contributed by atoms with Crippen LogP contribution in [0, 0.1) is 5.92 Å². The number of sulfonamides is 1. The first-order valence-electron chi connectivity index (χ1n) is 11.6. The monoisotopic (exact) mass is 495 g/mol. The Morgan fingerprint density at radius 1 is 1.09 bits per heavy atom. The number of benzene rings is 2. The Morgan fingerprint density at radius 3 is 2.43 bits per heavy atom. The molecule has 4 rings (SSSR count). The van der Waals surface area contributed by atoms with Crippen molar-refractivity contribution in [1.82, 2.24) is 14.1 Å². The molecule has 2 aromatic carbocycles. The third-order valence-electron chi connectivity index (χ3n) is 6.08. The Morgan fingerprint density at radius 2 is 1.77 bits per heavy atom. The maximum atomic E-state index is 12.8. The van der Waals surface area contributed by atoms with Gasteiger partial charge in [-0.25, -0.2) is 8.42 Å². The number of hydrogen-bond donors (Lipinski definition) is 1. The summed E-state index contributed by atoms with van der Waals surface area (Å²) in [6.45, 7) is 5.16. The van der Waals surface area contributed by atoms with E-state index >= 15 is 0 Å². The van der Waals surface area contributed by atoms with Gasteiger partial charge in [0, 0.05) is 37.9 Å². The lowest BCUT2D eigenvalue weighted by Gasteiger charge is -2.20. The van der Waals surface area contributed by atoms with Crippen LogP contribution in [0.3, 0.4) is 0 Å². The third-order valence-corrected chi connectivity index (χ3v) is 8.14. The van der Waals surface area contributed by atoms with Crippen LogP contribution in [0.5, 0.6) is 0 Å². The SMILES string of the molecule is CCN(CC)S(=O)(=O)c1ccc(N2CC(C(=O)Nc3cnn(Cc4ccccc4)c3)CC2=O)cc1. The van der Waals surface area contributed by atoms with Gasteiger partial charge in [0.05, 0.1) is 29.2 Å². The van der Waals surface area contributed by atoms with Gasteiger partial charge in [0.1, 0.15) is 0 Å². The lowest BCUT2D eigenvalue weighted by molar-refractivity contribution is -0.122. The minimum atomic E-state index is -3.57. The molecule has 1 atom stereocenters. The molecule has 0 bridgehead atoms. The lowest BCUT2D eigenvalue weighted by Crippen LogP contribution is -2.31. The number of amides is 2. The maximum absolute atomic E-state index is 12.8. The van der Waals surface area contributed by atoms with Gasteiger partial charge in [-0.1, -0.05) is 44.2 Å². The topological polar surface area (TPSA) is 105 Å². The Bertz CT molecular complexity index is 1280. The van der Waals surface area contributed by atoms with E-state index in [1.54, 1.807) is 43.1 Å². The second kappa shape index (κ2) is 10.4. The van der Waals surface area contributed by atoms with Crippen LogP contribution in [0.2, 0.25) is 0 Å². The summed E-state index contributed by atoms with van der Waals surface area (Å²) in [5.74, 6) is -0.941. The summed E-state index contributed by atoms with van der Waals surface area (Å²) < 4.78 is 28.5. The second-order valence-electron chi connectivity index (χ2n) is 8.39. The van der Waals surface area contributed by atoms with Gasteiger partial charge in [0.15, 0.2) is 0 Å². The fourth-order valence-electron chi connectivity index (χ4n) is 4.17. The third kappa shape index (κ3) is 5.44. The van der Waals surface area contributed by atoms with Crippen LogP contribution >= 0.6 is 0 Å². The highest BCUT2D eigenvalue weighted by Gasteiger charge is 2.35. The molecule has 1 N–H and O–H groups in total. The molecule has 1 fully saturated rings. The van der Waals surface area contributed by atoms with Crippen molar-refractivity contribution in [3.63, 3.8) is 0 Å². The molecular formula is C25H29N5O4S. The molecule has 3 aromatic rings. The van der Waals surface area contributed by atoms with E-state index in [0.29, 0.717) is 31.0 Å². The smallest absolute Gasteiger partial charge is 0.243 e. The zero-order chi connectivity index (χ0) is 25.0. The molecule has 2 amide bonds. The molecule has 10 heteroatoms. The van der Waals surface area contributed by atoms with Crippen molar-refractivity contribution in [2.45, 2.75) is 31.7 Å². The number of nitrogens with zero attached hydrogens (tertiary/aromatic N) is 4. The van der Waals surface area contributed by atoms with Gasteiger partial charge in [0.25, 0.3) is 0 Å². The first-order valence-corrected chi connectivity index (χ1v) is 13.0. The molecule has 1 saturated heterocycles. The molecule has 1 aromatic heterocycles. The molecule has 0 aliphatic carbocycles. The largest absolute Gasteiger partial charge is 0.323 e. The zero-order valence-electron chi connectivity index (χ0n) is 19.8. The van der Waals surface area contributed by atoms with Crippen molar-refractivity contribution in [3.8, 4) is 0 Å². The highest BCUT2D eigenvalue weighted by molar-refractivity contribution is 7.89. The van der Waals surface area contributed by atoms with E-state index in [2.05, 4.69) is 10.4 Å². The normalized spacial score (nSPS) is 16.1. The van der Waals surface area contributed by atoms with Crippen molar-refractivity contribution in [1.29, 1.82) is 0 Å². The molecular weight excluding hydrogens is 466 g/mol. The van der Waals surface area contributed by atoms with Crippen LogP contribution in [0.4, 0.5) is 11.4 Å². The van der Waals surface area contributed by atoms with Crippen molar-refractivity contribution in [2.24, 2.45) is 5.92 Å². The summed E-state index contributed by atoms with van der Waals surface area (Å²) in [5.41, 5.74) is 2.24. The minimum Gasteiger partial charge on any atom is -0.323 e. The first kappa shape index (κ1) is 24.6. The molecule has 1 unspecified atom stereocenters. The number of carbonyl (C=O) groups excluding carboxylic acids is 2. The van der Waals surface area contributed by atoms with Gasteiger partial charge in [-0.15, -0.1) is 0 Å². The standard InChI is InChI=1S/C25H29N5O4S/c1-3-29(4-2)35(33,34)23-12-10-22(11-13-23)30-17-20(14-24(30)31)25(32)27-21-15-26-28(18-21)16-19-8-6-5-7-9-19/h5-13,15,18,20H,3-4,14,16-17H2,1-2H3,(H,27,32). The van der Waals surface area contributed by atoms with Gasteiger partial charge in [-0.05, 0) is 29.8 Å². The minimum absolute atomic E-state index is 0.0868. The highest BCUT2D eigenvalue weighted by Crippen LogP contribution is 2.28. The van der Waals surface area contributed by atoms with Gasteiger partial charge in [0.2, 0.25) is 21.8 Å². The number of anilines is 2. The van der Waals surface area contributed by atoms with E-state index in [1.165, 1.54) is 21.3 Å². The summed E-state index contributed by atoms with van der Waals surface area (Å²) >= 11 is 0. The summed E-state index contributed by atoms with van der Waals surface area (Å²) in [6.07, 6.45) is 3.43. The van der Waals surface area contributed by atoms with E-state index < -0.39 is 15.9 Å². The van der Waals surface area contributed by atoms with E-state index in [1.807, 2.05) is 30.3 Å². The van der Waals surface area contributed by atoms with Crippen molar-refractivity contribution >= 4 is 33.2 Å². The van der Waals surface area contributed by atoms with E-state index in [4.69, 9.17) is 0 Å². The van der Waals surface area contributed by atoms with Gasteiger partial charge >= 0.3 is 0 Å². The van der Waals surface area contributed by atoms with Crippen LogP contribution in [-0.4, -0.2) is 54.0 Å². The molecule has 0 radical (unpaired) electrons. The number of rotatable bonds is 9. The average Bonchev–Trinajstić information content (AvgIpc) is 3.46. The molecule has 9 nitrogen and oxygen atoms in total. The van der Waals surface area contributed by atoms with E-state index in [9.17, 15) is 18.0 Å². The van der Waals surface area contributed by atoms with Crippen LogP contribution in [0.1, 0.15) is 25.8 Å². The quantitative estimate of drug-likeness (QED) is 0.492. The van der Waals surface area contributed by atoms with Gasteiger partial charge in [-0.2, -0.15) is 9.40 Å². The number of aromatic nitrogens is 2. The number of hydrogen-bond acceptors (Lipinski definition) is 5. The number of carbonyl (C=O) groups is 2. The van der Waals surface area contributed by atoms with Crippen molar-refractivity contribution in [2.75, 3.05) is 29.9 Å². The Labute approximate surface area is 205 Å². The maximum Gasteiger partial charge on any atom is 0.243 e.